The van der Waals surface area contributed by atoms with E-state index in [4.69, 9.17) is 4.74 Å². The Balaban J connectivity index is 1.54. The zero-order valence-corrected chi connectivity index (χ0v) is 27.7. The van der Waals surface area contributed by atoms with E-state index in [9.17, 15) is 28.8 Å². The highest BCUT2D eigenvalue weighted by Gasteiger charge is 2.45. The normalized spacial score (nSPS) is 17.8. The molecule has 13 nitrogen and oxygen atoms in total. The first kappa shape index (κ1) is 35.7. The van der Waals surface area contributed by atoms with Crippen molar-refractivity contribution in [3.8, 4) is 0 Å². The second kappa shape index (κ2) is 16.1. The first-order chi connectivity index (χ1) is 22.9. The largest absolute Gasteiger partial charge is 0.457 e. The van der Waals surface area contributed by atoms with E-state index >= 15 is 0 Å². The number of fused-ring (bicyclic) bond motifs is 1. The van der Waals surface area contributed by atoms with E-state index < -0.39 is 65.8 Å². The fourth-order valence-electron chi connectivity index (χ4n) is 5.52. The Morgan fingerprint density at radius 3 is 2.27 bits per heavy atom. The van der Waals surface area contributed by atoms with Gasteiger partial charge in [0.1, 0.15) is 36.2 Å². The van der Waals surface area contributed by atoms with Crippen molar-refractivity contribution >= 4 is 46.7 Å². The molecular weight excluding hydrogens is 616 g/mol. The molecule has 1 saturated heterocycles. The zero-order valence-electron chi connectivity index (χ0n) is 27.7. The van der Waals surface area contributed by atoms with Gasteiger partial charge in [-0.3, -0.25) is 24.2 Å². The topological polar surface area (TPSA) is 177 Å². The van der Waals surface area contributed by atoms with Crippen LogP contribution in [-0.2, 0) is 23.9 Å². The summed E-state index contributed by atoms with van der Waals surface area (Å²) in [7, 11) is 0. The molecule has 13 heteroatoms. The van der Waals surface area contributed by atoms with Gasteiger partial charge in [0.05, 0.1) is 24.3 Å². The van der Waals surface area contributed by atoms with Crippen LogP contribution in [0.3, 0.4) is 0 Å². The number of nitrogens with one attached hydrogen (secondary N) is 3. The number of esters is 1. The fourth-order valence-corrected chi connectivity index (χ4v) is 5.52. The average Bonchev–Trinajstić information content (AvgIpc) is 3.51. The number of amides is 4. The molecule has 1 aromatic heterocycles. The van der Waals surface area contributed by atoms with Crippen LogP contribution in [0.1, 0.15) is 68.3 Å². The standard InChI is InChI=1S/C35H42N6O7/c1-6-25(19-42)38-32(44)28-16-26(48-35(47)24-12-11-22-9-7-8-10-23(22)15-24)18-41(28)34(46)30(21(4)5)40-33(45)29(20(2)3)39-31(43)27-17-36-13-14-37-27/h7-15,17,19-21,25-26,28-30H,6,16,18H2,1-5H3,(H,38,44)(H,39,43)(H,40,45)/t25-,26+,28-,29+,30+/m0/s1. The fraction of sp³-hybridized carbons (Fsp3) is 0.429. The number of aldehydes is 1. The third kappa shape index (κ3) is 8.58. The molecule has 4 amide bonds. The van der Waals surface area contributed by atoms with Crippen molar-refractivity contribution in [2.24, 2.45) is 11.8 Å². The first-order valence-corrected chi connectivity index (χ1v) is 16.1. The quantitative estimate of drug-likeness (QED) is 0.184. The molecule has 0 radical (unpaired) electrons. The van der Waals surface area contributed by atoms with Gasteiger partial charge in [0.2, 0.25) is 17.7 Å². The molecule has 4 rings (SSSR count). The molecule has 0 spiro atoms. The number of rotatable bonds is 13. The molecule has 5 atom stereocenters. The predicted octanol–water partition coefficient (Wildman–Crippen LogP) is 2.45. The number of benzene rings is 2. The summed E-state index contributed by atoms with van der Waals surface area (Å²) in [5.74, 6) is -3.72. The van der Waals surface area contributed by atoms with Crippen LogP contribution >= 0.6 is 0 Å². The highest BCUT2D eigenvalue weighted by atomic mass is 16.5. The number of hydrogen-bond acceptors (Lipinski definition) is 9. The molecule has 2 aromatic carbocycles. The van der Waals surface area contributed by atoms with Gasteiger partial charge in [0.25, 0.3) is 5.91 Å². The highest BCUT2D eigenvalue weighted by molar-refractivity contribution is 5.98. The minimum atomic E-state index is -1.09. The van der Waals surface area contributed by atoms with E-state index in [1.807, 2.05) is 30.3 Å². The Hall–Kier alpha value is -5.20. The molecule has 0 aliphatic carbocycles. The third-order valence-electron chi connectivity index (χ3n) is 8.30. The highest BCUT2D eigenvalue weighted by Crippen LogP contribution is 2.25. The molecule has 2 heterocycles. The summed E-state index contributed by atoms with van der Waals surface area (Å²) >= 11 is 0. The molecular formula is C35H42N6O7. The van der Waals surface area contributed by atoms with Crippen LogP contribution in [0.25, 0.3) is 10.8 Å². The Morgan fingerprint density at radius 1 is 0.938 bits per heavy atom. The number of ether oxygens (including phenoxy) is 1. The number of hydrogen-bond donors (Lipinski definition) is 3. The van der Waals surface area contributed by atoms with Gasteiger partial charge in [-0.2, -0.15) is 0 Å². The van der Waals surface area contributed by atoms with Crippen molar-refractivity contribution in [3.63, 3.8) is 0 Å². The summed E-state index contributed by atoms with van der Waals surface area (Å²) in [4.78, 5) is 87.9. The van der Waals surface area contributed by atoms with Crippen molar-refractivity contribution in [2.75, 3.05) is 6.54 Å². The molecule has 3 aromatic rings. The molecule has 0 bridgehead atoms. The molecule has 254 valence electrons. The predicted molar refractivity (Wildman–Crippen MR) is 176 cm³/mol. The Labute approximate surface area is 279 Å². The second-order valence-corrected chi connectivity index (χ2v) is 12.5. The lowest BCUT2D eigenvalue weighted by Crippen LogP contribution is -2.59. The molecule has 1 fully saturated rings. The van der Waals surface area contributed by atoms with E-state index in [0.29, 0.717) is 18.3 Å². The number of nitrogens with zero attached hydrogens (tertiary/aromatic N) is 3. The SMILES string of the molecule is CC[C@@H](C=O)NC(=O)[C@@H]1C[C@@H](OC(=O)c2ccc3ccccc3c2)CN1C(=O)[C@H](NC(=O)[C@H](NC(=O)c1cnccn1)C(C)C)C(C)C. The van der Waals surface area contributed by atoms with Gasteiger partial charge in [-0.15, -0.1) is 0 Å². The molecule has 1 aliphatic heterocycles. The van der Waals surface area contributed by atoms with Crippen LogP contribution in [0.5, 0.6) is 0 Å². The minimum absolute atomic E-state index is 0.00621. The van der Waals surface area contributed by atoms with Gasteiger partial charge in [-0.05, 0) is 41.2 Å². The van der Waals surface area contributed by atoms with Crippen molar-refractivity contribution in [1.82, 2.24) is 30.8 Å². The Bertz CT molecular complexity index is 1650. The summed E-state index contributed by atoms with van der Waals surface area (Å²) in [6, 6.07) is 8.81. The Kier molecular flexibility index (Phi) is 11.9. The lowest BCUT2D eigenvalue weighted by atomic mass is 9.98. The minimum Gasteiger partial charge on any atom is -0.457 e. The van der Waals surface area contributed by atoms with Gasteiger partial charge in [-0.25, -0.2) is 9.78 Å². The monoisotopic (exact) mass is 658 g/mol. The van der Waals surface area contributed by atoms with Crippen LogP contribution in [-0.4, -0.2) is 87.6 Å². The van der Waals surface area contributed by atoms with E-state index in [1.165, 1.54) is 23.5 Å². The first-order valence-electron chi connectivity index (χ1n) is 16.1. The molecule has 3 N–H and O–H groups in total. The maximum absolute atomic E-state index is 14.2. The van der Waals surface area contributed by atoms with Gasteiger partial charge in [0.15, 0.2) is 0 Å². The van der Waals surface area contributed by atoms with E-state index in [1.54, 1.807) is 46.8 Å². The lowest BCUT2D eigenvalue weighted by Gasteiger charge is -2.32. The number of carbonyl (C=O) groups is 6. The van der Waals surface area contributed by atoms with Crippen molar-refractivity contribution in [3.05, 3.63) is 72.3 Å². The van der Waals surface area contributed by atoms with E-state index in [-0.39, 0.29) is 24.6 Å². The van der Waals surface area contributed by atoms with Crippen LogP contribution in [0.2, 0.25) is 0 Å². The Morgan fingerprint density at radius 2 is 1.65 bits per heavy atom. The van der Waals surface area contributed by atoms with Crippen molar-refractivity contribution in [2.45, 2.75) is 77.7 Å². The number of likely N-dealkylation sites (tertiary alicyclic amines) is 1. The van der Waals surface area contributed by atoms with Crippen LogP contribution in [0, 0.1) is 11.8 Å². The number of aromatic nitrogens is 2. The average molecular weight is 659 g/mol. The number of carbonyl (C=O) groups excluding carboxylic acids is 6. The summed E-state index contributed by atoms with van der Waals surface area (Å²) in [6.45, 7) is 8.62. The summed E-state index contributed by atoms with van der Waals surface area (Å²) in [6.07, 6.45) is 4.18. The van der Waals surface area contributed by atoms with Gasteiger partial charge in [0, 0.05) is 18.8 Å². The van der Waals surface area contributed by atoms with Crippen LogP contribution in [0.4, 0.5) is 0 Å². The summed E-state index contributed by atoms with van der Waals surface area (Å²) < 4.78 is 5.81. The van der Waals surface area contributed by atoms with Crippen LogP contribution < -0.4 is 16.0 Å². The van der Waals surface area contributed by atoms with E-state index in [2.05, 4.69) is 25.9 Å². The van der Waals surface area contributed by atoms with Crippen molar-refractivity contribution < 1.29 is 33.5 Å². The van der Waals surface area contributed by atoms with Gasteiger partial charge >= 0.3 is 5.97 Å². The molecule has 0 unspecified atom stereocenters. The molecule has 1 aliphatic rings. The van der Waals surface area contributed by atoms with E-state index in [0.717, 1.165) is 10.8 Å². The van der Waals surface area contributed by atoms with Gasteiger partial charge in [-0.1, -0.05) is 65.0 Å². The molecule has 0 saturated carbocycles. The maximum atomic E-state index is 14.2. The summed E-state index contributed by atoms with van der Waals surface area (Å²) in [5.41, 5.74) is 0.352. The molecule has 48 heavy (non-hydrogen) atoms. The smallest absolute Gasteiger partial charge is 0.338 e. The second-order valence-electron chi connectivity index (χ2n) is 12.5. The maximum Gasteiger partial charge on any atom is 0.338 e. The van der Waals surface area contributed by atoms with Crippen molar-refractivity contribution in [1.29, 1.82) is 0 Å². The summed E-state index contributed by atoms with van der Waals surface area (Å²) in [5, 5.41) is 9.92. The van der Waals surface area contributed by atoms with Gasteiger partial charge < -0.3 is 30.4 Å². The van der Waals surface area contributed by atoms with Crippen LogP contribution in [0.15, 0.2) is 61.1 Å². The lowest BCUT2D eigenvalue weighted by molar-refractivity contribution is -0.143. The zero-order chi connectivity index (χ0) is 35.0. The third-order valence-corrected chi connectivity index (χ3v) is 8.30.